The Bertz CT molecular complexity index is 101. The summed E-state index contributed by atoms with van der Waals surface area (Å²) in [6, 6.07) is 0.339. The molecule has 3 N–H and O–H groups in total. The van der Waals surface area contributed by atoms with Crippen LogP contribution in [0.1, 0.15) is 26.7 Å². The minimum Gasteiger partial charge on any atom is -0.396 e. The minimum atomic E-state index is 0.288. The molecule has 0 heterocycles. The van der Waals surface area contributed by atoms with E-state index in [0.717, 1.165) is 24.3 Å². The summed E-state index contributed by atoms with van der Waals surface area (Å²) in [7, 11) is 0. The lowest BCUT2D eigenvalue weighted by molar-refractivity contribution is 0.250. The topological polar surface area (TPSA) is 46.2 Å². The van der Waals surface area contributed by atoms with Crippen LogP contribution < -0.4 is 5.73 Å². The van der Waals surface area contributed by atoms with Gasteiger partial charge in [-0.1, -0.05) is 20.3 Å². The third-order valence-electron chi connectivity index (χ3n) is 1.71. The van der Waals surface area contributed by atoms with Crippen LogP contribution in [0.15, 0.2) is 0 Å². The van der Waals surface area contributed by atoms with Gasteiger partial charge in [0.2, 0.25) is 0 Å². The molecule has 74 valence electrons. The summed E-state index contributed by atoms with van der Waals surface area (Å²) in [6.45, 7) is 4.50. The third kappa shape index (κ3) is 6.95. The lowest BCUT2D eigenvalue weighted by atomic mass is 10.2. The van der Waals surface area contributed by atoms with Crippen LogP contribution in [0, 0.1) is 5.92 Å². The number of thioether (sulfide) groups is 1. The monoisotopic (exact) mass is 191 g/mol. The van der Waals surface area contributed by atoms with Crippen LogP contribution >= 0.6 is 11.8 Å². The van der Waals surface area contributed by atoms with E-state index in [1.807, 2.05) is 11.8 Å². The Kier molecular flexibility index (Phi) is 8.07. The maximum atomic E-state index is 8.76. The van der Waals surface area contributed by atoms with E-state index in [9.17, 15) is 0 Å². The van der Waals surface area contributed by atoms with Crippen molar-refractivity contribution in [2.75, 3.05) is 18.1 Å². The summed E-state index contributed by atoms with van der Waals surface area (Å²) in [5.74, 6) is 2.45. The third-order valence-corrected chi connectivity index (χ3v) is 3.17. The molecule has 0 amide bonds. The van der Waals surface area contributed by atoms with Crippen LogP contribution in [-0.4, -0.2) is 29.3 Å². The molecule has 0 aromatic heterocycles. The van der Waals surface area contributed by atoms with Gasteiger partial charge in [-0.05, 0) is 18.1 Å². The zero-order chi connectivity index (χ0) is 9.40. The summed E-state index contributed by atoms with van der Waals surface area (Å²) < 4.78 is 0. The molecule has 0 saturated carbocycles. The predicted molar refractivity (Wildman–Crippen MR) is 56.5 cm³/mol. The molecular weight excluding hydrogens is 170 g/mol. The molecule has 0 aliphatic rings. The van der Waals surface area contributed by atoms with Crippen molar-refractivity contribution in [2.45, 2.75) is 32.7 Å². The molecule has 0 radical (unpaired) electrons. The van der Waals surface area contributed by atoms with Crippen molar-refractivity contribution < 1.29 is 5.11 Å². The van der Waals surface area contributed by atoms with Crippen molar-refractivity contribution in [1.82, 2.24) is 0 Å². The highest BCUT2D eigenvalue weighted by atomic mass is 32.2. The van der Waals surface area contributed by atoms with Crippen molar-refractivity contribution in [2.24, 2.45) is 11.7 Å². The number of hydrogen-bond donors (Lipinski definition) is 2. The molecule has 2 nitrogen and oxygen atoms in total. The Balaban J connectivity index is 3.18. The number of aliphatic hydroxyl groups excluding tert-OH is 1. The van der Waals surface area contributed by atoms with E-state index in [0.29, 0.717) is 12.0 Å². The average molecular weight is 191 g/mol. The summed E-state index contributed by atoms with van der Waals surface area (Å²) >= 11 is 1.85. The molecular formula is C9H21NOS. The lowest BCUT2D eigenvalue weighted by Gasteiger charge is -2.11. The Morgan fingerprint density at radius 2 is 2.08 bits per heavy atom. The number of nitrogens with two attached hydrogens (primary N) is 1. The highest BCUT2D eigenvalue weighted by molar-refractivity contribution is 7.99. The summed E-state index contributed by atoms with van der Waals surface area (Å²) in [4.78, 5) is 0. The van der Waals surface area contributed by atoms with Gasteiger partial charge in [-0.2, -0.15) is 11.8 Å². The van der Waals surface area contributed by atoms with Gasteiger partial charge < -0.3 is 10.8 Å². The second-order valence-corrected chi connectivity index (χ2v) is 4.45. The Hall–Kier alpha value is 0.270. The largest absolute Gasteiger partial charge is 0.396 e. The lowest BCUT2D eigenvalue weighted by Crippen LogP contribution is -2.23. The molecule has 0 aromatic rings. The van der Waals surface area contributed by atoms with Gasteiger partial charge in [0.05, 0.1) is 0 Å². The van der Waals surface area contributed by atoms with E-state index >= 15 is 0 Å². The fourth-order valence-electron chi connectivity index (χ4n) is 0.927. The fourth-order valence-corrected chi connectivity index (χ4v) is 2.04. The summed E-state index contributed by atoms with van der Waals surface area (Å²) in [5.41, 5.74) is 5.83. The van der Waals surface area contributed by atoms with Gasteiger partial charge in [0.25, 0.3) is 0 Å². The standard InChI is InChI=1S/C9H21NOS/c1-3-4-9(10)7-12-6-8(2)5-11/h8-9,11H,3-7,10H2,1-2H3. The van der Waals surface area contributed by atoms with Gasteiger partial charge in [0, 0.05) is 18.4 Å². The maximum absolute atomic E-state index is 8.76. The zero-order valence-corrected chi connectivity index (χ0v) is 8.94. The van der Waals surface area contributed by atoms with Crippen LogP contribution in [0.4, 0.5) is 0 Å². The zero-order valence-electron chi connectivity index (χ0n) is 8.12. The molecule has 2 unspecified atom stereocenters. The van der Waals surface area contributed by atoms with E-state index in [1.165, 1.54) is 0 Å². The number of hydrogen-bond acceptors (Lipinski definition) is 3. The average Bonchev–Trinajstić information content (AvgIpc) is 2.04. The molecule has 2 atom stereocenters. The highest BCUT2D eigenvalue weighted by Gasteiger charge is 2.03. The van der Waals surface area contributed by atoms with Gasteiger partial charge in [-0.25, -0.2) is 0 Å². The first kappa shape index (κ1) is 12.3. The molecule has 0 aliphatic heterocycles. The van der Waals surface area contributed by atoms with E-state index in [-0.39, 0.29) is 6.61 Å². The van der Waals surface area contributed by atoms with Crippen LogP contribution in [-0.2, 0) is 0 Å². The molecule has 0 aromatic carbocycles. The van der Waals surface area contributed by atoms with E-state index in [4.69, 9.17) is 10.8 Å². The van der Waals surface area contributed by atoms with Gasteiger partial charge >= 0.3 is 0 Å². The molecule has 0 saturated heterocycles. The van der Waals surface area contributed by atoms with E-state index in [2.05, 4.69) is 13.8 Å². The molecule has 0 fully saturated rings. The van der Waals surface area contributed by atoms with Gasteiger partial charge in [-0.3, -0.25) is 0 Å². The van der Waals surface area contributed by atoms with Gasteiger partial charge in [0.15, 0.2) is 0 Å². The molecule has 0 aliphatic carbocycles. The molecule has 3 heteroatoms. The second kappa shape index (κ2) is 7.90. The quantitative estimate of drug-likeness (QED) is 0.640. The first-order valence-corrected chi connectivity index (χ1v) is 5.80. The first-order valence-electron chi connectivity index (χ1n) is 4.64. The van der Waals surface area contributed by atoms with Crippen molar-refractivity contribution >= 4 is 11.8 Å². The molecule has 0 spiro atoms. The van der Waals surface area contributed by atoms with Crippen LogP contribution in [0.5, 0.6) is 0 Å². The Morgan fingerprint density at radius 3 is 2.58 bits per heavy atom. The molecule has 0 rings (SSSR count). The SMILES string of the molecule is CCCC(N)CSCC(C)CO. The smallest absolute Gasteiger partial charge is 0.0464 e. The normalized spacial score (nSPS) is 16.0. The highest BCUT2D eigenvalue weighted by Crippen LogP contribution is 2.10. The fraction of sp³-hybridized carbons (Fsp3) is 1.00. The van der Waals surface area contributed by atoms with Crippen molar-refractivity contribution in [3.8, 4) is 0 Å². The van der Waals surface area contributed by atoms with Crippen LogP contribution in [0.3, 0.4) is 0 Å². The summed E-state index contributed by atoms with van der Waals surface area (Å²) in [5, 5.41) is 8.76. The van der Waals surface area contributed by atoms with Gasteiger partial charge in [-0.15, -0.1) is 0 Å². The van der Waals surface area contributed by atoms with Crippen molar-refractivity contribution in [3.05, 3.63) is 0 Å². The minimum absolute atomic E-state index is 0.288. The Labute approximate surface area is 79.9 Å². The van der Waals surface area contributed by atoms with E-state index in [1.54, 1.807) is 0 Å². The first-order chi connectivity index (χ1) is 5.70. The van der Waals surface area contributed by atoms with Gasteiger partial charge in [0.1, 0.15) is 0 Å². The molecule has 0 bridgehead atoms. The Morgan fingerprint density at radius 1 is 1.42 bits per heavy atom. The second-order valence-electron chi connectivity index (χ2n) is 3.37. The van der Waals surface area contributed by atoms with Crippen molar-refractivity contribution in [1.29, 1.82) is 0 Å². The van der Waals surface area contributed by atoms with Crippen LogP contribution in [0.2, 0.25) is 0 Å². The summed E-state index contributed by atoms with van der Waals surface area (Å²) in [6.07, 6.45) is 2.28. The van der Waals surface area contributed by atoms with Crippen LogP contribution in [0.25, 0.3) is 0 Å². The number of aliphatic hydroxyl groups is 1. The molecule has 12 heavy (non-hydrogen) atoms. The predicted octanol–water partition coefficient (Wildman–Crippen LogP) is 1.48. The maximum Gasteiger partial charge on any atom is 0.0464 e. The van der Waals surface area contributed by atoms with Crippen molar-refractivity contribution in [3.63, 3.8) is 0 Å². The van der Waals surface area contributed by atoms with E-state index < -0.39 is 0 Å². The number of rotatable bonds is 7.